The number of nitrogens with zero attached hydrogens (tertiary/aromatic N) is 6. The van der Waals surface area contributed by atoms with Crippen molar-refractivity contribution in [3.63, 3.8) is 0 Å². The maximum Gasteiger partial charge on any atom is 0.227 e. The van der Waals surface area contributed by atoms with Gasteiger partial charge in [-0.3, -0.25) is 4.98 Å². The first-order valence-electron chi connectivity index (χ1n) is 12.1. The van der Waals surface area contributed by atoms with Crippen molar-refractivity contribution in [2.75, 3.05) is 36.5 Å². The van der Waals surface area contributed by atoms with E-state index in [4.69, 9.17) is 21.1 Å². The molecule has 0 amide bonds. The van der Waals surface area contributed by atoms with Gasteiger partial charge in [-0.25, -0.2) is 9.97 Å². The topological polar surface area (TPSA) is 98.2 Å². The number of hydrogen-bond acceptors (Lipinski definition) is 9. The van der Waals surface area contributed by atoms with Gasteiger partial charge in [-0.1, -0.05) is 0 Å². The van der Waals surface area contributed by atoms with E-state index in [1.807, 2.05) is 0 Å². The minimum atomic E-state index is 0.132. The first kappa shape index (κ1) is 21.7. The molecule has 0 radical (unpaired) electrons. The van der Waals surface area contributed by atoms with Gasteiger partial charge in [0.05, 0.1) is 24.8 Å². The zero-order chi connectivity index (χ0) is 22.9. The number of aromatic nitrogens is 5. The van der Waals surface area contributed by atoms with Crippen molar-refractivity contribution < 1.29 is 9.47 Å². The van der Waals surface area contributed by atoms with Crippen molar-refractivity contribution in [3.05, 3.63) is 35.6 Å². The normalized spacial score (nSPS) is 23.1. The molecule has 3 aromatic rings. The van der Waals surface area contributed by atoms with Gasteiger partial charge in [-0.2, -0.15) is 9.97 Å². The van der Waals surface area contributed by atoms with Crippen molar-refractivity contribution in [2.24, 2.45) is 0 Å². The second-order valence-corrected chi connectivity index (χ2v) is 9.60. The quantitative estimate of drug-likeness (QED) is 0.560. The summed E-state index contributed by atoms with van der Waals surface area (Å²) in [5.74, 6) is 2.65. The number of anilines is 2. The summed E-state index contributed by atoms with van der Waals surface area (Å²) in [5, 5.41) is 3.74. The monoisotopic (exact) mass is 481 g/mol. The van der Waals surface area contributed by atoms with Crippen LogP contribution < -0.4 is 15.0 Å². The van der Waals surface area contributed by atoms with Gasteiger partial charge in [-0.05, 0) is 56.2 Å². The minimum absolute atomic E-state index is 0.132. The SMILES string of the molecule is Clc1nc(N[C@H]2CC[C@@H](Oc3cc(N4CCOCC4)cc4nccnc34)CC2)nc(C2CC2)n1. The third-order valence-electron chi connectivity index (χ3n) is 6.77. The molecule has 0 spiro atoms. The third-order valence-corrected chi connectivity index (χ3v) is 6.94. The molecule has 0 bridgehead atoms. The summed E-state index contributed by atoms with van der Waals surface area (Å²) in [6.45, 7) is 3.21. The Kier molecular flexibility index (Phi) is 6.05. The highest BCUT2D eigenvalue weighted by Gasteiger charge is 2.29. The van der Waals surface area contributed by atoms with Gasteiger partial charge in [0.2, 0.25) is 11.2 Å². The van der Waals surface area contributed by atoms with E-state index in [1.165, 1.54) is 0 Å². The second kappa shape index (κ2) is 9.46. The molecule has 1 aromatic carbocycles. The van der Waals surface area contributed by atoms with Crippen LogP contribution in [-0.2, 0) is 4.74 Å². The van der Waals surface area contributed by atoms with Gasteiger partial charge in [0.25, 0.3) is 0 Å². The zero-order valence-corrected chi connectivity index (χ0v) is 19.7. The number of ether oxygens (including phenoxy) is 2. The first-order chi connectivity index (χ1) is 16.7. The average molecular weight is 482 g/mol. The Morgan fingerprint density at radius 1 is 0.941 bits per heavy atom. The maximum atomic E-state index is 6.53. The lowest BCUT2D eigenvalue weighted by Crippen LogP contribution is -2.36. The first-order valence-corrected chi connectivity index (χ1v) is 12.5. The van der Waals surface area contributed by atoms with Crippen LogP contribution >= 0.6 is 11.6 Å². The van der Waals surface area contributed by atoms with Crippen LogP contribution in [0.1, 0.15) is 50.3 Å². The van der Waals surface area contributed by atoms with Crippen LogP contribution in [0.15, 0.2) is 24.5 Å². The van der Waals surface area contributed by atoms with Gasteiger partial charge in [-0.15, -0.1) is 0 Å². The summed E-state index contributed by atoms with van der Waals surface area (Å²) >= 11 is 6.13. The summed E-state index contributed by atoms with van der Waals surface area (Å²) in [4.78, 5) is 24.6. The van der Waals surface area contributed by atoms with Gasteiger partial charge >= 0.3 is 0 Å². The number of rotatable bonds is 6. The smallest absolute Gasteiger partial charge is 0.227 e. The van der Waals surface area contributed by atoms with Crippen LogP contribution in [-0.4, -0.2) is 63.4 Å². The average Bonchev–Trinajstić information content (AvgIpc) is 3.71. The number of benzene rings is 1. The Morgan fingerprint density at radius 3 is 2.53 bits per heavy atom. The summed E-state index contributed by atoms with van der Waals surface area (Å²) in [6, 6.07) is 4.50. The molecule has 10 heteroatoms. The Morgan fingerprint density at radius 2 is 1.74 bits per heavy atom. The predicted octanol–water partition coefficient (Wildman–Crippen LogP) is 3.98. The van der Waals surface area contributed by atoms with E-state index in [0.717, 1.165) is 93.1 Å². The Hall–Kier alpha value is -2.78. The minimum Gasteiger partial charge on any atom is -0.488 e. The van der Waals surface area contributed by atoms with Crippen LogP contribution in [0.25, 0.3) is 11.0 Å². The van der Waals surface area contributed by atoms with E-state index in [0.29, 0.717) is 17.9 Å². The lowest BCUT2D eigenvalue weighted by molar-refractivity contribution is 0.122. The van der Waals surface area contributed by atoms with Crippen LogP contribution in [0.2, 0.25) is 5.28 Å². The van der Waals surface area contributed by atoms with Crippen molar-refractivity contribution in [3.8, 4) is 5.75 Å². The molecule has 2 aliphatic carbocycles. The molecule has 34 heavy (non-hydrogen) atoms. The highest BCUT2D eigenvalue weighted by atomic mass is 35.5. The van der Waals surface area contributed by atoms with Crippen LogP contribution in [0.3, 0.4) is 0 Å². The van der Waals surface area contributed by atoms with E-state index >= 15 is 0 Å². The fourth-order valence-corrected chi connectivity index (χ4v) is 4.93. The summed E-state index contributed by atoms with van der Waals surface area (Å²) in [6.07, 6.45) is 9.67. The van der Waals surface area contributed by atoms with Gasteiger partial charge in [0.15, 0.2) is 0 Å². The van der Waals surface area contributed by atoms with Gasteiger partial charge in [0.1, 0.15) is 17.1 Å². The molecule has 1 N–H and O–H groups in total. The molecule has 1 aliphatic heterocycles. The third kappa shape index (κ3) is 4.86. The van der Waals surface area contributed by atoms with Crippen molar-refractivity contribution >= 4 is 34.3 Å². The zero-order valence-electron chi connectivity index (χ0n) is 19.0. The molecule has 9 nitrogen and oxygen atoms in total. The molecule has 3 fully saturated rings. The highest BCUT2D eigenvalue weighted by Crippen LogP contribution is 2.38. The van der Waals surface area contributed by atoms with Crippen LogP contribution in [0, 0.1) is 0 Å². The lowest BCUT2D eigenvalue weighted by Gasteiger charge is -2.31. The number of nitrogens with one attached hydrogen (secondary N) is 1. The number of hydrogen-bond donors (Lipinski definition) is 1. The maximum absolute atomic E-state index is 6.53. The van der Waals surface area contributed by atoms with E-state index in [9.17, 15) is 0 Å². The molecule has 0 atom stereocenters. The molecule has 2 aromatic heterocycles. The molecule has 3 aliphatic rings. The number of morpholine rings is 1. The fraction of sp³-hybridized carbons (Fsp3) is 0.542. The Labute approximate surface area is 203 Å². The summed E-state index contributed by atoms with van der Waals surface area (Å²) < 4.78 is 12.0. The predicted molar refractivity (Wildman–Crippen MR) is 130 cm³/mol. The number of fused-ring (bicyclic) bond motifs is 1. The molecule has 2 saturated carbocycles. The Bertz CT molecular complexity index is 1160. The Balaban J connectivity index is 1.13. The van der Waals surface area contributed by atoms with Crippen molar-refractivity contribution in [1.82, 2.24) is 24.9 Å². The largest absolute Gasteiger partial charge is 0.488 e. The second-order valence-electron chi connectivity index (χ2n) is 9.26. The van der Waals surface area contributed by atoms with Gasteiger partial charge < -0.3 is 19.7 Å². The molecule has 178 valence electrons. The summed E-state index contributed by atoms with van der Waals surface area (Å²) in [7, 11) is 0. The molecule has 6 rings (SSSR count). The summed E-state index contributed by atoms with van der Waals surface area (Å²) in [5.41, 5.74) is 2.78. The van der Waals surface area contributed by atoms with E-state index < -0.39 is 0 Å². The molecule has 0 unspecified atom stereocenters. The van der Waals surface area contributed by atoms with Crippen molar-refractivity contribution in [1.29, 1.82) is 0 Å². The standard InChI is InChI=1S/C24H28ClN7O2/c25-23-29-22(15-1-2-15)30-24(31-23)28-16-3-5-18(6-4-16)34-20-14-17(32-9-11-33-12-10-32)13-19-21(20)27-8-7-26-19/h7-8,13-16,18H,1-6,9-12H2,(H,28,29,30,31)/t16-,18+. The van der Waals surface area contributed by atoms with Crippen LogP contribution in [0.5, 0.6) is 5.75 Å². The molecular formula is C24H28ClN7O2. The number of halogens is 1. The molecule has 1 saturated heterocycles. The van der Waals surface area contributed by atoms with Crippen LogP contribution in [0.4, 0.5) is 11.6 Å². The molecular weight excluding hydrogens is 454 g/mol. The van der Waals surface area contributed by atoms with E-state index in [2.05, 4.69) is 47.3 Å². The fourth-order valence-electron chi connectivity index (χ4n) is 4.76. The molecule has 3 heterocycles. The van der Waals surface area contributed by atoms with E-state index in [-0.39, 0.29) is 11.4 Å². The van der Waals surface area contributed by atoms with E-state index in [1.54, 1.807) is 12.4 Å². The lowest BCUT2D eigenvalue weighted by atomic mass is 9.93. The van der Waals surface area contributed by atoms with Gasteiger partial charge in [0, 0.05) is 49.2 Å². The van der Waals surface area contributed by atoms with Crippen molar-refractivity contribution in [2.45, 2.75) is 56.6 Å². The highest BCUT2D eigenvalue weighted by molar-refractivity contribution is 6.28.